The van der Waals surface area contributed by atoms with Crippen molar-refractivity contribution in [3.05, 3.63) is 285 Å². The second kappa shape index (κ2) is 17.6. The Hall–Kier alpha value is -9.70. The van der Waals surface area contributed by atoms with Gasteiger partial charge in [-0.25, -0.2) is 0 Å². The Morgan fingerprint density at radius 1 is 0.247 bits per heavy atom. The molecule has 0 fully saturated rings. The molecule has 0 aliphatic rings. The van der Waals surface area contributed by atoms with Crippen LogP contribution in [0.15, 0.2) is 285 Å². The minimum absolute atomic E-state index is 1.08. The molecule has 14 aromatic rings. The summed E-state index contributed by atoms with van der Waals surface area (Å²) in [6.45, 7) is 0. The largest absolute Gasteiger partial charge is 0.310 e. The molecule has 0 saturated heterocycles. The number of aromatic nitrogens is 1. The lowest BCUT2D eigenvalue weighted by Gasteiger charge is -2.27. The Morgan fingerprint density at radius 2 is 0.575 bits per heavy atom. The second-order valence-corrected chi connectivity index (χ2v) is 18.8. The summed E-state index contributed by atoms with van der Waals surface area (Å²) in [7, 11) is 0. The molecule has 3 heteroatoms. The molecule has 0 unspecified atom stereocenters. The molecule has 342 valence electrons. The highest BCUT2D eigenvalue weighted by Gasteiger charge is 2.26. The summed E-state index contributed by atoms with van der Waals surface area (Å²) in [5.74, 6) is 0. The van der Waals surface area contributed by atoms with E-state index in [-0.39, 0.29) is 0 Å². The van der Waals surface area contributed by atoms with Gasteiger partial charge in [-0.3, -0.25) is 0 Å². The Morgan fingerprint density at radius 3 is 1.00 bits per heavy atom. The third-order valence-corrected chi connectivity index (χ3v) is 14.7. The lowest BCUT2D eigenvalue weighted by molar-refractivity contribution is 1.18. The molecule has 0 atom stereocenters. The zero-order chi connectivity index (χ0) is 48.2. The molecule has 3 nitrogen and oxygen atoms in total. The molecule has 14 rings (SSSR count). The standard InChI is InChI=1S/C70H47N3/c1-4-24-52(25-5-1)71(55-42-38-50(39-43-55)59-36-18-22-48-20-10-12-30-57(48)59)65-46-67-69(63-34-16-14-32-61(63)65)70-64-35-17-15-33-62(64)66(47-68(70)73(67)54-28-8-3-9-29-54)72(53-26-6-2-7-27-53)56-44-40-51(41-45-56)60-37-19-23-49-21-11-13-31-58(49)60/h1-47H. The van der Waals surface area contributed by atoms with E-state index in [9.17, 15) is 0 Å². The average Bonchev–Trinajstić information content (AvgIpc) is 3.84. The molecule has 0 bridgehead atoms. The third-order valence-electron chi connectivity index (χ3n) is 14.7. The quantitative estimate of drug-likeness (QED) is 0.143. The highest BCUT2D eigenvalue weighted by molar-refractivity contribution is 6.32. The molecule has 0 amide bonds. The van der Waals surface area contributed by atoms with Gasteiger partial charge in [-0.15, -0.1) is 0 Å². The van der Waals surface area contributed by atoms with Gasteiger partial charge in [0.25, 0.3) is 0 Å². The molecule has 0 radical (unpaired) electrons. The lowest BCUT2D eigenvalue weighted by Crippen LogP contribution is -2.11. The van der Waals surface area contributed by atoms with Crippen LogP contribution in [0.1, 0.15) is 0 Å². The number of nitrogens with zero attached hydrogens (tertiary/aromatic N) is 3. The van der Waals surface area contributed by atoms with Crippen LogP contribution in [0, 0.1) is 0 Å². The van der Waals surface area contributed by atoms with Crippen LogP contribution in [-0.2, 0) is 0 Å². The molecule has 73 heavy (non-hydrogen) atoms. The van der Waals surface area contributed by atoms with Crippen LogP contribution >= 0.6 is 0 Å². The predicted molar refractivity (Wildman–Crippen MR) is 311 cm³/mol. The van der Waals surface area contributed by atoms with Crippen molar-refractivity contribution in [1.82, 2.24) is 4.57 Å². The number of anilines is 6. The fourth-order valence-corrected chi connectivity index (χ4v) is 11.5. The Bertz CT molecular complexity index is 4080. The van der Waals surface area contributed by atoms with Gasteiger partial charge < -0.3 is 14.4 Å². The van der Waals surface area contributed by atoms with Gasteiger partial charge in [-0.1, -0.05) is 212 Å². The van der Waals surface area contributed by atoms with E-state index in [1.807, 2.05) is 0 Å². The summed E-state index contributed by atoms with van der Waals surface area (Å²) in [6.07, 6.45) is 0. The summed E-state index contributed by atoms with van der Waals surface area (Å²) >= 11 is 0. The first kappa shape index (κ1) is 42.2. The molecular weight excluding hydrogens is 883 g/mol. The number of hydrogen-bond acceptors (Lipinski definition) is 2. The first-order chi connectivity index (χ1) is 36.2. The smallest absolute Gasteiger partial charge is 0.0568 e. The van der Waals surface area contributed by atoms with Gasteiger partial charge in [0.05, 0.1) is 22.4 Å². The molecule has 0 saturated carbocycles. The van der Waals surface area contributed by atoms with Crippen molar-refractivity contribution in [2.45, 2.75) is 0 Å². The van der Waals surface area contributed by atoms with E-state index in [0.717, 1.165) is 50.8 Å². The highest BCUT2D eigenvalue weighted by Crippen LogP contribution is 2.50. The molecule has 1 heterocycles. The minimum Gasteiger partial charge on any atom is -0.310 e. The summed E-state index contributed by atoms with van der Waals surface area (Å²) in [5, 5.41) is 12.2. The van der Waals surface area contributed by atoms with Crippen LogP contribution in [-0.4, -0.2) is 4.57 Å². The van der Waals surface area contributed by atoms with E-state index in [0.29, 0.717) is 0 Å². The van der Waals surface area contributed by atoms with E-state index in [4.69, 9.17) is 0 Å². The van der Waals surface area contributed by atoms with Crippen LogP contribution in [0.4, 0.5) is 34.1 Å². The maximum absolute atomic E-state index is 2.50. The van der Waals surface area contributed by atoms with E-state index >= 15 is 0 Å². The highest BCUT2D eigenvalue weighted by atomic mass is 15.2. The van der Waals surface area contributed by atoms with Gasteiger partial charge >= 0.3 is 0 Å². The van der Waals surface area contributed by atoms with Crippen molar-refractivity contribution in [2.24, 2.45) is 0 Å². The van der Waals surface area contributed by atoms with Gasteiger partial charge in [-0.2, -0.15) is 0 Å². The fourth-order valence-electron chi connectivity index (χ4n) is 11.5. The van der Waals surface area contributed by atoms with Crippen molar-refractivity contribution >= 4 is 99.0 Å². The maximum atomic E-state index is 2.50. The number of rotatable bonds is 9. The number of hydrogen-bond donors (Lipinski definition) is 0. The molecule has 1 aromatic heterocycles. The number of benzene rings is 13. The molecular formula is C70H47N3. The first-order valence-corrected chi connectivity index (χ1v) is 25.1. The summed E-state index contributed by atoms with van der Waals surface area (Å²) < 4.78 is 2.50. The summed E-state index contributed by atoms with van der Waals surface area (Å²) in [6, 6.07) is 104. The Labute approximate surface area is 424 Å². The van der Waals surface area contributed by atoms with Crippen LogP contribution in [0.5, 0.6) is 0 Å². The zero-order valence-electron chi connectivity index (χ0n) is 40.0. The molecule has 0 spiro atoms. The van der Waals surface area contributed by atoms with Crippen molar-refractivity contribution in [2.75, 3.05) is 9.80 Å². The van der Waals surface area contributed by atoms with Crippen LogP contribution < -0.4 is 9.80 Å². The van der Waals surface area contributed by atoms with Gasteiger partial charge in [0, 0.05) is 50.0 Å². The zero-order valence-corrected chi connectivity index (χ0v) is 40.0. The Kier molecular flexibility index (Phi) is 10.2. The van der Waals surface area contributed by atoms with E-state index in [1.54, 1.807) is 0 Å². The van der Waals surface area contributed by atoms with Crippen LogP contribution in [0.3, 0.4) is 0 Å². The second-order valence-electron chi connectivity index (χ2n) is 18.8. The third kappa shape index (κ3) is 7.13. The molecule has 0 aliphatic heterocycles. The van der Waals surface area contributed by atoms with Crippen molar-refractivity contribution in [1.29, 1.82) is 0 Å². The average molecular weight is 930 g/mol. The first-order valence-electron chi connectivity index (χ1n) is 25.1. The van der Waals surface area contributed by atoms with Crippen LogP contribution in [0.2, 0.25) is 0 Å². The monoisotopic (exact) mass is 929 g/mol. The normalized spacial score (nSPS) is 11.6. The molecule has 0 aliphatic carbocycles. The molecule has 0 N–H and O–H groups in total. The van der Waals surface area contributed by atoms with Gasteiger partial charge in [-0.05, 0) is 127 Å². The summed E-state index contributed by atoms with van der Waals surface area (Å²) in [5.41, 5.74) is 14.7. The van der Waals surface area contributed by atoms with Crippen LogP contribution in [0.25, 0.3) is 92.8 Å². The van der Waals surface area contributed by atoms with E-state index in [2.05, 4.69) is 299 Å². The number of para-hydroxylation sites is 3. The topological polar surface area (TPSA) is 11.4 Å². The predicted octanol–water partition coefficient (Wildman–Crippen LogP) is 19.7. The van der Waals surface area contributed by atoms with Crippen molar-refractivity contribution in [3.8, 4) is 27.9 Å². The SMILES string of the molecule is c1ccc(N(c2ccc(-c3cccc4ccccc34)cc2)c2cc3c(c4ccccc24)c2c4ccccc4c(N(c4ccccc4)c4ccc(-c5cccc6ccccc56)cc4)cc2n3-c2ccccc2)cc1. The van der Waals surface area contributed by atoms with Gasteiger partial charge in [0.1, 0.15) is 0 Å². The van der Waals surface area contributed by atoms with E-state index < -0.39 is 0 Å². The maximum Gasteiger partial charge on any atom is 0.0568 e. The minimum atomic E-state index is 1.08. The summed E-state index contributed by atoms with van der Waals surface area (Å²) in [4.78, 5) is 4.87. The lowest BCUT2D eigenvalue weighted by atomic mass is 9.96. The number of fused-ring (bicyclic) bond motifs is 9. The van der Waals surface area contributed by atoms with Gasteiger partial charge in [0.15, 0.2) is 0 Å². The van der Waals surface area contributed by atoms with Crippen molar-refractivity contribution < 1.29 is 0 Å². The van der Waals surface area contributed by atoms with Crippen molar-refractivity contribution in [3.63, 3.8) is 0 Å². The fraction of sp³-hybridized carbons (Fsp3) is 0. The van der Waals surface area contributed by atoms with Gasteiger partial charge in [0.2, 0.25) is 0 Å². The molecule has 13 aromatic carbocycles. The van der Waals surface area contributed by atoms with E-state index in [1.165, 1.54) is 76.1 Å². The Balaban J connectivity index is 1.02.